The summed E-state index contributed by atoms with van der Waals surface area (Å²) in [5.41, 5.74) is 5.17. The van der Waals surface area contributed by atoms with Crippen LogP contribution in [0.2, 0.25) is 0 Å². The minimum atomic E-state index is -2.69. The van der Waals surface area contributed by atoms with E-state index in [9.17, 15) is 39.6 Å². The maximum atomic E-state index is 13.8. The summed E-state index contributed by atoms with van der Waals surface area (Å²) in [6.45, 7) is -0.283. The molecule has 0 aromatic heterocycles. The van der Waals surface area contributed by atoms with Crippen LogP contribution in [0.1, 0.15) is 23.1 Å². The van der Waals surface area contributed by atoms with Crippen molar-refractivity contribution in [3.8, 4) is 5.75 Å². The van der Waals surface area contributed by atoms with Gasteiger partial charge in [-0.3, -0.25) is 24.1 Å². The van der Waals surface area contributed by atoms with Gasteiger partial charge in [0.2, 0.25) is 5.78 Å². The number of benzene rings is 1. The molecule has 0 saturated heterocycles. The number of esters is 1. The number of amides is 1. The lowest BCUT2D eigenvalue weighted by molar-refractivity contribution is -0.153. The molecule has 4 rings (SSSR count). The van der Waals surface area contributed by atoms with Gasteiger partial charge in [0.15, 0.2) is 18.0 Å². The Morgan fingerprint density at radius 1 is 1.21 bits per heavy atom. The van der Waals surface area contributed by atoms with Gasteiger partial charge in [0.05, 0.1) is 18.7 Å². The number of phenols is 1. The van der Waals surface area contributed by atoms with Gasteiger partial charge in [-0.25, -0.2) is 4.79 Å². The molecule has 0 bridgehead atoms. The predicted octanol–water partition coefficient (Wildman–Crippen LogP) is -0.842. The number of primary amides is 1. The van der Waals surface area contributed by atoms with E-state index in [1.54, 1.807) is 6.07 Å². The van der Waals surface area contributed by atoms with Gasteiger partial charge >= 0.3 is 5.97 Å². The molecule has 13 heteroatoms. The Balaban J connectivity index is 1.80. The van der Waals surface area contributed by atoms with E-state index in [1.165, 1.54) is 32.2 Å². The fraction of sp³-hybridized carbons (Fsp3) is 0.440. The van der Waals surface area contributed by atoms with Crippen molar-refractivity contribution in [3.05, 3.63) is 45.7 Å². The number of aliphatic hydroxyl groups is 3. The SMILES string of the molecule is COC(=O)CONCc1ccc(O)c2c1C[C@H]1C[C@H]3[C@H](N(C)C)C(=O)C(C(N)=O)=C(O)[C@@]3(O)C(=O)C1=C2O. The fourth-order valence-corrected chi connectivity index (χ4v) is 5.77. The van der Waals surface area contributed by atoms with Crippen molar-refractivity contribution < 1.29 is 49.2 Å². The van der Waals surface area contributed by atoms with E-state index in [4.69, 9.17) is 10.6 Å². The van der Waals surface area contributed by atoms with Gasteiger partial charge in [-0.05, 0) is 50.0 Å². The number of hydrogen-bond acceptors (Lipinski definition) is 12. The molecule has 1 aromatic carbocycles. The molecule has 1 fully saturated rings. The van der Waals surface area contributed by atoms with Gasteiger partial charge in [0.1, 0.15) is 22.8 Å². The molecule has 3 aliphatic carbocycles. The van der Waals surface area contributed by atoms with Gasteiger partial charge < -0.3 is 30.9 Å². The van der Waals surface area contributed by atoms with Crippen LogP contribution in [0.4, 0.5) is 0 Å². The van der Waals surface area contributed by atoms with Crippen molar-refractivity contribution in [2.75, 3.05) is 27.8 Å². The van der Waals surface area contributed by atoms with Gasteiger partial charge in [-0.15, -0.1) is 0 Å². The van der Waals surface area contributed by atoms with Gasteiger partial charge in [-0.1, -0.05) is 6.07 Å². The number of carbonyl (C=O) groups is 4. The van der Waals surface area contributed by atoms with Crippen LogP contribution in [0.3, 0.4) is 0 Å². The third kappa shape index (κ3) is 4.04. The molecule has 0 spiro atoms. The number of methoxy groups -OCH3 is 1. The van der Waals surface area contributed by atoms with Gasteiger partial charge in [0.25, 0.3) is 5.91 Å². The molecule has 204 valence electrons. The van der Waals surface area contributed by atoms with Gasteiger partial charge in [0, 0.05) is 18.0 Å². The zero-order valence-corrected chi connectivity index (χ0v) is 21.0. The number of nitrogens with zero attached hydrogens (tertiary/aromatic N) is 1. The zero-order valence-electron chi connectivity index (χ0n) is 21.0. The molecular formula is C25H29N3O10. The highest BCUT2D eigenvalue weighted by Gasteiger charge is 2.64. The summed E-state index contributed by atoms with van der Waals surface area (Å²) in [5.74, 6) is -7.71. The molecule has 0 radical (unpaired) electrons. The number of Topliss-reactive ketones (excluding diaryl/α,β-unsaturated/α-hetero) is 2. The summed E-state index contributed by atoms with van der Waals surface area (Å²) in [6, 6.07) is 1.73. The number of nitrogens with one attached hydrogen (secondary N) is 1. The summed E-state index contributed by atoms with van der Waals surface area (Å²) in [5, 5.41) is 44.2. The second kappa shape index (κ2) is 9.83. The number of hydrogen-bond donors (Lipinski definition) is 6. The Hall–Kier alpha value is -3.78. The molecule has 0 heterocycles. The average Bonchev–Trinajstić information content (AvgIpc) is 2.84. The number of carbonyl (C=O) groups excluding carboxylic acids is 4. The largest absolute Gasteiger partial charge is 0.508 e. The first-order valence-corrected chi connectivity index (χ1v) is 11.8. The van der Waals surface area contributed by atoms with Crippen LogP contribution in [-0.4, -0.2) is 88.2 Å². The van der Waals surface area contributed by atoms with E-state index in [0.29, 0.717) is 11.1 Å². The molecule has 1 aromatic rings. The van der Waals surface area contributed by atoms with Crippen LogP contribution >= 0.6 is 0 Å². The minimum Gasteiger partial charge on any atom is -0.508 e. The lowest BCUT2D eigenvalue weighted by Crippen LogP contribution is -2.65. The third-order valence-corrected chi connectivity index (χ3v) is 7.48. The summed E-state index contributed by atoms with van der Waals surface area (Å²) >= 11 is 0. The maximum absolute atomic E-state index is 13.8. The van der Waals surface area contributed by atoms with Crippen molar-refractivity contribution >= 4 is 29.2 Å². The minimum absolute atomic E-state index is 0.0207. The van der Waals surface area contributed by atoms with Crippen molar-refractivity contribution in [1.29, 1.82) is 0 Å². The molecule has 4 atom stereocenters. The molecule has 38 heavy (non-hydrogen) atoms. The number of ether oxygens (including phenoxy) is 1. The molecule has 7 N–H and O–H groups in total. The Morgan fingerprint density at radius 3 is 2.50 bits per heavy atom. The quantitative estimate of drug-likeness (QED) is 0.110. The van der Waals surface area contributed by atoms with E-state index in [0.717, 1.165) is 0 Å². The highest BCUT2D eigenvalue weighted by Crippen LogP contribution is 2.52. The van der Waals surface area contributed by atoms with Crippen LogP contribution in [0.15, 0.2) is 29.0 Å². The summed E-state index contributed by atoms with van der Waals surface area (Å²) in [7, 11) is 4.28. The van der Waals surface area contributed by atoms with Crippen LogP contribution in [-0.2, 0) is 41.7 Å². The lowest BCUT2D eigenvalue weighted by Gasteiger charge is -2.50. The van der Waals surface area contributed by atoms with Gasteiger partial charge in [-0.2, -0.15) is 5.48 Å². The predicted molar refractivity (Wildman–Crippen MR) is 129 cm³/mol. The van der Waals surface area contributed by atoms with Crippen LogP contribution in [0.5, 0.6) is 5.75 Å². The second-order valence-corrected chi connectivity index (χ2v) is 9.74. The Labute approximate surface area is 217 Å². The molecule has 13 nitrogen and oxygen atoms in total. The number of ketones is 2. The van der Waals surface area contributed by atoms with Crippen LogP contribution < -0.4 is 11.2 Å². The molecule has 1 saturated carbocycles. The fourth-order valence-electron chi connectivity index (χ4n) is 5.77. The van der Waals surface area contributed by atoms with E-state index in [1.807, 2.05) is 0 Å². The number of nitrogens with two attached hydrogens (primary N) is 1. The van der Waals surface area contributed by atoms with Crippen molar-refractivity contribution in [2.24, 2.45) is 17.6 Å². The number of phenolic OH excluding ortho intramolecular Hbond substituents is 1. The first kappa shape index (κ1) is 27.3. The number of rotatable bonds is 7. The molecule has 0 unspecified atom stereocenters. The summed E-state index contributed by atoms with van der Waals surface area (Å²) < 4.78 is 4.50. The molecule has 3 aliphatic rings. The number of aliphatic hydroxyl groups excluding tert-OH is 2. The van der Waals surface area contributed by atoms with Crippen LogP contribution in [0, 0.1) is 11.8 Å². The normalized spacial score (nSPS) is 26.7. The van der Waals surface area contributed by atoms with Crippen LogP contribution in [0.25, 0.3) is 5.76 Å². The lowest BCUT2D eigenvalue weighted by atomic mass is 9.57. The first-order valence-electron chi connectivity index (χ1n) is 11.8. The Bertz CT molecular complexity index is 1300. The van der Waals surface area contributed by atoms with E-state index in [-0.39, 0.29) is 42.9 Å². The first-order chi connectivity index (χ1) is 17.9. The van der Waals surface area contributed by atoms with E-state index >= 15 is 0 Å². The number of hydroxylamine groups is 1. The summed E-state index contributed by atoms with van der Waals surface area (Å²) in [6.07, 6.45) is 0.115. The van der Waals surface area contributed by atoms with Crippen molar-refractivity contribution in [2.45, 2.75) is 31.0 Å². The highest BCUT2D eigenvalue weighted by molar-refractivity contribution is 6.24. The monoisotopic (exact) mass is 531 g/mol. The average molecular weight is 532 g/mol. The molecular weight excluding hydrogens is 502 g/mol. The van der Waals surface area contributed by atoms with Crippen molar-refractivity contribution in [1.82, 2.24) is 10.4 Å². The standard InChI is InChI=1S/C25H29N3O10/c1-28(2)19-13-7-11-6-12-10(8-27-38-9-15(30)37-3)4-5-14(29)17(12)20(31)16(11)22(33)25(13,36)23(34)18(21(19)32)24(26)35/h4-5,11,13,19,27,29,31,34,36H,6-9H2,1-3H3,(H2,26,35)/t11-,13-,19-,25-/m0/s1. The summed E-state index contributed by atoms with van der Waals surface area (Å²) in [4.78, 5) is 56.7. The highest BCUT2D eigenvalue weighted by atomic mass is 16.7. The third-order valence-electron chi connectivity index (χ3n) is 7.48. The Kier molecular flexibility index (Phi) is 7.05. The van der Waals surface area contributed by atoms with Crippen molar-refractivity contribution in [3.63, 3.8) is 0 Å². The number of likely N-dealkylation sites (N-methyl/N-ethyl adjacent to an activating group) is 1. The smallest absolute Gasteiger partial charge is 0.333 e. The Morgan fingerprint density at radius 2 is 1.89 bits per heavy atom. The second-order valence-electron chi connectivity index (χ2n) is 9.74. The topological polar surface area (TPSA) is 209 Å². The molecule has 1 amide bonds. The number of aromatic hydroxyl groups is 1. The maximum Gasteiger partial charge on any atom is 0.333 e. The number of fused-ring (bicyclic) bond motifs is 3. The molecule has 0 aliphatic heterocycles. The van der Waals surface area contributed by atoms with E-state index in [2.05, 4.69) is 10.2 Å². The van der Waals surface area contributed by atoms with E-state index < -0.39 is 64.0 Å². The zero-order chi connectivity index (χ0) is 28.1.